The summed E-state index contributed by atoms with van der Waals surface area (Å²) in [6.45, 7) is 1.14. The first-order valence-electron chi connectivity index (χ1n) is 5.51. The number of nitrogen functional groups attached to an aromatic ring is 1. The van der Waals surface area contributed by atoms with E-state index in [-0.39, 0.29) is 11.4 Å². The summed E-state index contributed by atoms with van der Waals surface area (Å²) in [5.41, 5.74) is 5.22. The molecule has 0 aliphatic carbocycles. The number of nitrogens with zero attached hydrogens (tertiary/aromatic N) is 2. The zero-order chi connectivity index (χ0) is 13.8. The molecule has 0 saturated carbocycles. The average molecular weight is 264 g/mol. The van der Waals surface area contributed by atoms with Gasteiger partial charge in [-0.25, -0.2) is 0 Å². The zero-order valence-corrected chi connectivity index (χ0v) is 9.92. The minimum atomic E-state index is -4.39. The fourth-order valence-corrected chi connectivity index (χ4v) is 1.34. The first-order valence-corrected chi connectivity index (χ1v) is 5.51. The molecule has 0 aliphatic rings. The summed E-state index contributed by atoms with van der Waals surface area (Å²) in [5, 5.41) is 6.07. The molecule has 1 aromatic rings. The van der Waals surface area contributed by atoms with Crippen LogP contribution in [0.3, 0.4) is 0 Å². The van der Waals surface area contributed by atoms with E-state index in [1.165, 1.54) is 0 Å². The lowest BCUT2D eigenvalue weighted by atomic mass is 10.3. The first-order chi connectivity index (χ1) is 8.33. The molecule has 0 aliphatic heterocycles. The van der Waals surface area contributed by atoms with Crippen LogP contribution in [0.1, 0.15) is 30.3 Å². The third kappa shape index (κ3) is 4.27. The van der Waals surface area contributed by atoms with Gasteiger partial charge in [-0.1, -0.05) is 13.3 Å². The van der Waals surface area contributed by atoms with Gasteiger partial charge in [0.1, 0.15) is 6.54 Å². The third-order valence-electron chi connectivity index (χ3n) is 2.16. The Hall–Kier alpha value is -1.73. The zero-order valence-electron chi connectivity index (χ0n) is 9.92. The second-order valence-corrected chi connectivity index (χ2v) is 3.86. The maximum Gasteiger partial charge on any atom is 0.408 e. The lowest BCUT2D eigenvalue weighted by molar-refractivity contribution is -0.142. The van der Waals surface area contributed by atoms with Crippen molar-refractivity contribution < 1.29 is 18.0 Å². The van der Waals surface area contributed by atoms with Gasteiger partial charge in [-0.2, -0.15) is 18.3 Å². The summed E-state index contributed by atoms with van der Waals surface area (Å²) >= 11 is 0. The molecule has 1 heterocycles. The van der Waals surface area contributed by atoms with Gasteiger partial charge in [-0.15, -0.1) is 0 Å². The lowest BCUT2D eigenvalue weighted by Crippen LogP contribution is -2.26. The second kappa shape index (κ2) is 5.74. The van der Waals surface area contributed by atoms with Crippen LogP contribution in [0.5, 0.6) is 0 Å². The van der Waals surface area contributed by atoms with E-state index < -0.39 is 18.6 Å². The van der Waals surface area contributed by atoms with E-state index in [9.17, 15) is 18.0 Å². The molecule has 0 bridgehead atoms. The molecular formula is C10H15F3N4O. The molecule has 1 aromatic heterocycles. The fourth-order valence-electron chi connectivity index (χ4n) is 1.34. The SMILES string of the molecule is CCCCNC(=O)c1nn(CC(F)(F)F)cc1N. The van der Waals surface area contributed by atoms with Gasteiger partial charge >= 0.3 is 6.18 Å². The number of carbonyl (C=O) groups excluding carboxylic acids is 1. The maximum atomic E-state index is 12.1. The molecule has 8 heteroatoms. The smallest absolute Gasteiger partial charge is 0.396 e. The fraction of sp³-hybridized carbons (Fsp3) is 0.600. The van der Waals surface area contributed by atoms with Crippen LogP contribution >= 0.6 is 0 Å². The first kappa shape index (κ1) is 14.3. The molecule has 0 fully saturated rings. The van der Waals surface area contributed by atoms with Crippen LogP contribution in [0.15, 0.2) is 6.20 Å². The Morgan fingerprint density at radius 3 is 2.78 bits per heavy atom. The van der Waals surface area contributed by atoms with Crippen molar-refractivity contribution in [2.45, 2.75) is 32.5 Å². The molecule has 0 saturated heterocycles. The number of carbonyl (C=O) groups is 1. The number of nitrogens with one attached hydrogen (secondary N) is 1. The number of amides is 1. The Labute approximate surface area is 102 Å². The number of nitrogens with two attached hydrogens (primary N) is 1. The Morgan fingerprint density at radius 1 is 1.56 bits per heavy atom. The molecule has 0 spiro atoms. The number of rotatable bonds is 5. The number of aromatic nitrogens is 2. The number of anilines is 1. The Balaban J connectivity index is 2.69. The van der Waals surface area contributed by atoms with Gasteiger partial charge in [0.25, 0.3) is 5.91 Å². The molecule has 1 rings (SSSR count). The van der Waals surface area contributed by atoms with E-state index in [1.54, 1.807) is 0 Å². The van der Waals surface area contributed by atoms with Gasteiger partial charge in [-0.05, 0) is 6.42 Å². The van der Waals surface area contributed by atoms with Crippen LogP contribution in [0.25, 0.3) is 0 Å². The highest BCUT2D eigenvalue weighted by Gasteiger charge is 2.29. The third-order valence-corrected chi connectivity index (χ3v) is 2.16. The lowest BCUT2D eigenvalue weighted by Gasteiger charge is -2.05. The number of unbranched alkanes of at least 4 members (excludes halogenated alkanes) is 1. The van der Waals surface area contributed by atoms with E-state index in [0.29, 0.717) is 11.2 Å². The molecular weight excluding hydrogens is 249 g/mol. The van der Waals surface area contributed by atoms with Crippen LogP contribution in [-0.2, 0) is 6.54 Å². The van der Waals surface area contributed by atoms with Crippen LogP contribution in [0.4, 0.5) is 18.9 Å². The van der Waals surface area contributed by atoms with Crippen LogP contribution in [-0.4, -0.2) is 28.4 Å². The number of alkyl halides is 3. The molecule has 18 heavy (non-hydrogen) atoms. The Morgan fingerprint density at radius 2 is 2.22 bits per heavy atom. The number of halogens is 3. The molecule has 1 amide bonds. The monoisotopic (exact) mass is 264 g/mol. The van der Waals surface area contributed by atoms with Crippen molar-refractivity contribution in [1.29, 1.82) is 0 Å². The Kier molecular flexibility index (Phi) is 4.57. The molecule has 0 atom stereocenters. The van der Waals surface area contributed by atoms with Crippen molar-refractivity contribution in [2.24, 2.45) is 0 Å². The van der Waals surface area contributed by atoms with Crippen LogP contribution < -0.4 is 11.1 Å². The normalized spacial score (nSPS) is 11.6. The summed E-state index contributed by atoms with van der Waals surface area (Å²) < 4.78 is 37.0. The van der Waals surface area contributed by atoms with Crippen LogP contribution in [0, 0.1) is 0 Å². The van der Waals surface area contributed by atoms with Crippen molar-refractivity contribution in [1.82, 2.24) is 15.1 Å². The number of hydrogen-bond acceptors (Lipinski definition) is 3. The van der Waals surface area contributed by atoms with E-state index in [4.69, 9.17) is 5.73 Å². The van der Waals surface area contributed by atoms with Crippen LogP contribution in [0.2, 0.25) is 0 Å². The molecule has 0 aromatic carbocycles. The van der Waals surface area contributed by atoms with Gasteiger partial charge < -0.3 is 11.1 Å². The van der Waals surface area contributed by atoms with Crippen molar-refractivity contribution in [2.75, 3.05) is 12.3 Å². The summed E-state index contributed by atoms with van der Waals surface area (Å²) in [7, 11) is 0. The highest BCUT2D eigenvalue weighted by atomic mass is 19.4. The summed E-state index contributed by atoms with van der Waals surface area (Å²) in [6, 6.07) is 0. The molecule has 5 nitrogen and oxygen atoms in total. The predicted octanol–water partition coefficient (Wildman–Crippen LogP) is 1.56. The average Bonchev–Trinajstić information content (AvgIpc) is 2.57. The number of hydrogen-bond donors (Lipinski definition) is 2. The van der Waals surface area contributed by atoms with Gasteiger partial charge in [0, 0.05) is 12.7 Å². The summed E-state index contributed by atoms with van der Waals surface area (Å²) in [4.78, 5) is 11.6. The van der Waals surface area contributed by atoms with Crippen molar-refractivity contribution in [3.8, 4) is 0 Å². The largest absolute Gasteiger partial charge is 0.408 e. The molecule has 0 radical (unpaired) electrons. The van der Waals surface area contributed by atoms with Gasteiger partial charge in [0.2, 0.25) is 0 Å². The maximum absolute atomic E-state index is 12.1. The van der Waals surface area contributed by atoms with E-state index in [1.807, 2.05) is 6.92 Å². The summed E-state index contributed by atoms with van der Waals surface area (Å²) in [6.07, 6.45) is -1.70. The second-order valence-electron chi connectivity index (χ2n) is 3.86. The van der Waals surface area contributed by atoms with Gasteiger partial charge in [0.05, 0.1) is 5.69 Å². The molecule has 0 unspecified atom stereocenters. The van der Waals surface area contributed by atoms with Crippen molar-refractivity contribution in [3.05, 3.63) is 11.9 Å². The standard InChI is InChI=1S/C10H15F3N4O/c1-2-3-4-15-9(18)8-7(14)5-17(16-8)6-10(11,12)13/h5H,2-4,6,14H2,1H3,(H,15,18). The van der Waals surface area contributed by atoms with Crippen molar-refractivity contribution in [3.63, 3.8) is 0 Å². The minimum absolute atomic E-state index is 0.0618. The van der Waals surface area contributed by atoms with Gasteiger partial charge in [-0.3, -0.25) is 9.48 Å². The quantitative estimate of drug-likeness (QED) is 0.793. The van der Waals surface area contributed by atoms with Gasteiger partial charge in [0.15, 0.2) is 5.69 Å². The van der Waals surface area contributed by atoms with E-state index in [0.717, 1.165) is 19.0 Å². The predicted molar refractivity (Wildman–Crippen MR) is 59.9 cm³/mol. The van der Waals surface area contributed by atoms with Crippen molar-refractivity contribution >= 4 is 11.6 Å². The van der Waals surface area contributed by atoms with E-state index >= 15 is 0 Å². The topological polar surface area (TPSA) is 72.9 Å². The Bertz CT molecular complexity index is 414. The molecule has 102 valence electrons. The minimum Gasteiger partial charge on any atom is -0.396 e. The summed E-state index contributed by atoms with van der Waals surface area (Å²) in [5.74, 6) is -0.554. The van der Waals surface area contributed by atoms with E-state index in [2.05, 4.69) is 10.4 Å². The molecule has 3 N–H and O–H groups in total. The highest BCUT2D eigenvalue weighted by molar-refractivity contribution is 5.96. The highest BCUT2D eigenvalue weighted by Crippen LogP contribution is 2.18.